The Bertz CT molecular complexity index is 632. The lowest BCUT2D eigenvalue weighted by Gasteiger charge is -2.06. The van der Waals surface area contributed by atoms with Gasteiger partial charge in [0.2, 0.25) is 0 Å². The van der Waals surface area contributed by atoms with Gasteiger partial charge in [-0.15, -0.1) is 0 Å². The van der Waals surface area contributed by atoms with Gasteiger partial charge in [0.15, 0.2) is 0 Å². The standard InChI is InChI=1S/C13H9N3O3/c14-6-12-9(2-1-5-15-12)8-19-10-3-4-11(13(17)18)16-7-10/h1-5,7H,8H2,(H,17,18). The molecule has 2 heterocycles. The smallest absolute Gasteiger partial charge is 0.354 e. The van der Waals surface area contributed by atoms with Crippen LogP contribution in [0.25, 0.3) is 0 Å². The van der Waals surface area contributed by atoms with Crippen molar-refractivity contribution in [2.45, 2.75) is 6.61 Å². The summed E-state index contributed by atoms with van der Waals surface area (Å²) in [5.74, 6) is -0.664. The number of ether oxygens (including phenoxy) is 1. The summed E-state index contributed by atoms with van der Waals surface area (Å²) < 4.78 is 5.42. The Labute approximate surface area is 108 Å². The van der Waals surface area contributed by atoms with Gasteiger partial charge in [-0.3, -0.25) is 0 Å². The van der Waals surface area contributed by atoms with Gasteiger partial charge in [0.25, 0.3) is 0 Å². The Balaban J connectivity index is 2.06. The number of aromatic carboxylic acids is 1. The second-order valence-electron chi connectivity index (χ2n) is 3.60. The molecule has 0 aliphatic heterocycles. The Morgan fingerprint density at radius 2 is 2.21 bits per heavy atom. The van der Waals surface area contributed by atoms with Crippen molar-refractivity contribution in [3.05, 3.63) is 53.6 Å². The van der Waals surface area contributed by atoms with Crippen molar-refractivity contribution in [3.8, 4) is 11.8 Å². The number of carbonyl (C=O) groups is 1. The minimum absolute atomic E-state index is 0.0496. The molecule has 0 spiro atoms. The van der Waals surface area contributed by atoms with E-state index in [0.29, 0.717) is 17.0 Å². The summed E-state index contributed by atoms with van der Waals surface area (Å²) in [6, 6.07) is 8.29. The van der Waals surface area contributed by atoms with Gasteiger partial charge in [-0.25, -0.2) is 14.8 Å². The monoisotopic (exact) mass is 255 g/mol. The summed E-state index contributed by atoms with van der Waals surface area (Å²) in [6.07, 6.45) is 2.86. The number of nitriles is 1. The Kier molecular flexibility index (Phi) is 3.69. The SMILES string of the molecule is N#Cc1ncccc1COc1ccc(C(=O)O)nc1. The van der Waals surface area contributed by atoms with Gasteiger partial charge < -0.3 is 9.84 Å². The van der Waals surface area contributed by atoms with Gasteiger partial charge in [0, 0.05) is 11.8 Å². The zero-order valence-electron chi connectivity index (χ0n) is 9.78. The van der Waals surface area contributed by atoms with Crippen LogP contribution < -0.4 is 4.74 Å². The van der Waals surface area contributed by atoms with E-state index < -0.39 is 5.97 Å². The summed E-state index contributed by atoms with van der Waals surface area (Å²) >= 11 is 0. The van der Waals surface area contributed by atoms with Crippen LogP contribution in [0.3, 0.4) is 0 Å². The average molecular weight is 255 g/mol. The number of pyridine rings is 2. The molecule has 2 aromatic heterocycles. The van der Waals surface area contributed by atoms with Gasteiger partial charge in [-0.05, 0) is 18.2 Å². The van der Waals surface area contributed by atoms with Crippen molar-refractivity contribution in [1.29, 1.82) is 5.26 Å². The first kappa shape index (κ1) is 12.5. The van der Waals surface area contributed by atoms with Crippen LogP contribution in [0, 0.1) is 11.3 Å². The number of carboxylic acids is 1. The van der Waals surface area contributed by atoms with Crippen LogP contribution in [0.4, 0.5) is 0 Å². The lowest BCUT2D eigenvalue weighted by molar-refractivity contribution is 0.0690. The molecule has 2 aromatic rings. The lowest BCUT2D eigenvalue weighted by atomic mass is 10.2. The molecule has 0 amide bonds. The number of nitrogens with zero attached hydrogens (tertiary/aromatic N) is 3. The van der Waals surface area contributed by atoms with E-state index in [9.17, 15) is 4.79 Å². The minimum atomic E-state index is -1.09. The molecule has 0 bridgehead atoms. The third kappa shape index (κ3) is 3.04. The maximum absolute atomic E-state index is 10.6. The number of hydrogen-bond donors (Lipinski definition) is 1. The van der Waals surface area contributed by atoms with E-state index in [1.165, 1.54) is 24.5 Å². The molecule has 0 aliphatic rings. The average Bonchev–Trinajstić information content (AvgIpc) is 2.45. The predicted molar refractivity (Wildman–Crippen MR) is 64.5 cm³/mol. The van der Waals surface area contributed by atoms with Crippen LogP contribution in [-0.4, -0.2) is 21.0 Å². The van der Waals surface area contributed by atoms with Gasteiger partial charge in [-0.2, -0.15) is 5.26 Å². The summed E-state index contributed by atoms with van der Waals surface area (Å²) in [6.45, 7) is 0.171. The third-order valence-electron chi connectivity index (χ3n) is 2.35. The fraction of sp³-hybridized carbons (Fsp3) is 0.0769. The van der Waals surface area contributed by atoms with Crippen molar-refractivity contribution in [1.82, 2.24) is 9.97 Å². The largest absolute Gasteiger partial charge is 0.487 e. The second-order valence-corrected chi connectivity index (χ2v) is 3.60. The quantitative estimate of drug-likeness (QED) is 0.891. The zero-order chi connectivity index (χ0) is 13.7. The molecule has 94 valence electrons. The fourth-order valence-electron chi connectivity index (χ4n) is 1.41. The normalized spacial score (nSPS) is 9.63. The van der Waals surface area contributed by atoms with Crippen molar-refractivity contribution in [2.24, 2.45) is 0 Å². The van der Waals surface area contributed by atoms with Crippen LogP contribution in [0.1, 0.15) is 21.7 Å². The highest BCUT2D eigenvalue weighted by Crippen LogP contribution is 2.13. The predicted octanol–water partition coefficient (Wildman–Crippen LogP) is 1.63. The van der Waals surface area contributed by atoms with Crippen LogP contribution >= 0.6 is 0 Å². The van der Waals surface area contributed by atoms with Crippen LogP contribution in [-0.2, 0) is 6.61 Å². The summed E-state index contributed by atoms with van der Waals surface area (Å²) in [4.78, 5) is 18.3. The Morgan fingerprint density at radius 3 is 2.84 bits per heavy atom. The maximum Gasteiger partial charge on any atom is 0.354 e. The first-order valence-corrected chi connectivity index (χ1v) is 5.37. The molecule has 0 unspecified atom stereocenters. The maximum atomic E-state index is 10.6. The molecule has 19 heavy (non-hydrogen) atoms. The highest BCUT2D eigenvalue weighted by molar-refractivity contribution is 5.85. The van der Waals surface area contributed by atoms with Crippen molar-refractivity contribution < 1.29 is 14.6 Å². The molecule has 0 saturated carbocycles. The third-order valence-corrected chi connectivity index (χ3v) is 2.35. The van der Waals surface area contributed by atoms with Crippen LogP contribution in [0.5, 0.6) is 5.75 Å². The molecule has 0 radical (unpaired) electrons. The topological polar surface area (TPSA) is 96.1 Å². The molecular weight excluding hydrogens is 246 g/mol. The van der Waals surface area contributed by atoms with E-state index >= 15 is 0 Å². The molecule has 0 aromatic carbocycles. The summed E-state index contributed by atoms with van der Waals surface area (Å²) in [5, 5.41) is 17.6. The molecule has 0 atom stereocenters. The van der Waals surface area contributed by atoms with E-state index in [0.717, 1.165) is 0 Å². The van der Waals surface area contributed by atoms with E-state index in [-0.39, 0.29) is 12.3 Å². The Morgan fingerprint density at radius 1 is 1.37 bits per heavy atom. The Hall–Kier alpha value is -2.94. The second kappa shape index (κ2) is 5.60. The minimum Gasteiger partial charge on any atom is -0.487 e. The fourth-order valence-corrected chi connectivity index (χ4v) is 1.41. The first-order chi connectivity index (χ1) is 9.20. The zero-order valence-corrected chi connectivity index (χ0v) is 9.78. The van der Waals surface area contributed by atoms with Gasteiger partial charge in [0.1, 0.15) is 29.8 Å². The van der Waals surface area contributed by atoms with Gasteiger partial charge in [0.05, 0.1) is 6.20 Å². The van der Waals surface area contributed by atoms with Crippen LogP contribution in [0.15, 0.2) is 36.7 Å². The molecule has 6 heteroatoms. The number of aromatic nitrogens is 2. The lowest BCUT2D eigenvalue weighted by Crippen LogP contribution is -2.02. The highest BCUT2D eigenvalue weighted by Gasteiger charge is 2.06. The first-order valence-electron chi connectivity index (χ1n) is 5.37. The van der Waals surface area contributed by atoms with Gasteiger partial charge in [-0.1, -0.05) is 6.07 Å². The number of carboxylic acid groups (broad SMARTS) is 1. The summed E-state index contributed by atoms with van der Waals surface area (Å²) in [5.41, 5.74) is 0.913. The van der Waals surface area contributed by atoms with Gasteiger partial charge >= 0.3 is 5.97 Å². The van der Waals surface area contributed by atoms with Crippen molar-refractivity contribution >= 4 is 5.97 Å². The summed E-state index contributed by atoms with van der Waals surface area (Å²) in [7, 11) is 0. The molecule has 0 saturated heterocycles. The molecule has 6 nitrogen and oxygen atoms in total. The van der Waals surface area contributed by atoms with Crippen molar-refractivity contribution in [2.75, 3.05) is 0 Å². The molecule has 1 N–H and O–H groups in total. The molecule has 2 rings (SSSR count). The van der Waals surface area contributed by atoms with E-state index in [1.54, 1.807) is 12.1 Å². The van der Waals surface area contributed by atoms with Crippen LogP contribution in [0.2, 0.25) is 0 Å². The molecule has 0 aliphatic carbocycles. The number of hydrogen-bond acceptors (Lipinski definition) is 5. The highest BCUT2D eigenvalue weighted by atomic mass is 16.5. The van der Waals surface area contributed by atoms with Crippen molar-refractivity contribution in [3.63, 3.8) is 0 Å². The van der Waals surface area contributed by atoms with E-state index in [1.807, 2.05) is 6.07 Å². The molecular formula is C13H9N3O3. The van der Waals surface area contributed by atoms with E-state index in [4.69, 9.17) is 15.1 Å². The molecule has 0 fully saturated rings. The van der Waals surface area contributed by atoms with E-state index in [2.05, 4.69) is 9.97 Å². The number of rotatable bonds is 4.